The van der Waals surface area contributed by atoms with Gasteiger partial charge in [0.2, 0.25) is 0 Å². The molecule has 0 unspecified atom stereocenters. The molecular weight excluding hydrogens is 223 g/mol. The molecule has 1 aromatic carbocycles. The summed E-state index contributed by atoms with van der Waals surface area (Å²) in [6.07, 6.45) is 0. The summed E-state index contributed by atoms with van der Waals surface area (Å²) in [4.78, 5) is 0. The number of ether oxygens (including phenoxy) is 1. The van der Waals surface area contributed by atoms with E-state index >= 15 is 0 Å². The lowest BCUT2D eigenvalue weighted by atomic mass is 10.2. The van der Waals surface area contributed by atoms with Crippen molar-refractivity contribution in [2.75, 3.05) is 6.61 Å². The van der Waals surface area contributed by atoms with E-state index in [1.807, 2.05) is 6.92 Å². The van der Waals surface area contributed by atoms with E-state index in [1.165, 1.54) is 6.07 Å². The molecule has 0 heterocycles. The fourth-order valence-electron chi connectivity index (χ4n) is 0.956. The molecule has 0 N–H and O–H groups in total. The zero-order chi connectivity index (χ0) is 9.14. The number of benzene rings is 1. The molecule has 66 valence electrons. The van der Waals surface area contributed by atoms with Crippen LogP contribution in [0.4, 0.5) is 4.39 Å². The van der Waals surface area contributed by atoms with Crippen molar-refractivity contribution in [1.29, 1.82) is 0 Å². The molecule has 3 heteroatoms. The van der Waals surface area contributed by atoms with Crippen LogP contribution in [0.15, 0.2) is 16.6 Å². The largest absolute Gasteiger partial charge is 0.492 e. The van der Waals surface area contributed by atoms with Gasteiger partial charge in [0.05, 0.1) is 11.1 Å². The molecule has 0 spiro atoms. The Morgan fingerprint density at radius 3 is 2.75 bits per heavy atom. The second kappa shape index (κ2) is 3.90. The maximum absolute atomic E-state index is 13.0. The Morgan fingerprint density at radius 2 is 2.17 bits per heavy atom. The Labute approximate surface area is 79.7 Å². The summed E-state index contributed by atoms with van der Waals surface area (Å²) in [6, 6.07) is 3.06. The molecule has 0 aliphatic carbocycles. The third-order valence-electron chi connectivity index (χ3n) is 1.58. The van der Waals surface area contributed by atoms with Gasteiger partial charge in [-0.2, -0.15) is 0 Å². The first-order valence-corrected chi connectivity index (χ1v) is 4.53. The van der Waals surface area contributed by atoms with Crippen LogP contribution in [0.2, 0.25) is 0 Å². The molecule has 0 amide bonds. The molecular formula is C9H10BrFO. The molecule has 1 rings (SSSR count). The third kappa shape index (κ3) is 1.78. The Kier molecular flexibility index (Phi) is 3.09. The van der Waals surface area contributed by atoms with Gasteiger partial charge in [-0.3, -0.25) is 0 Å². The maximum Gasteiger partial charge on any atom is 0.139 e. The molecule has 0 bridgehead atoms. The number of hydrogen-bond acceptors (Lipinski definition) is 1. The molecule has 0 atom stereocenters. The predicted molar refractivity (Wildman–Crippen MR) is 50.0 cm³/mol. The molecule has 0 aromatic heterocycles. The van der Waals surface area contributed by atoms with Crippen LogP contribution in [0.1, 0.15) is 12.5 Å². The van der Waals surface area contributed by atoms with Crippen LogP contribution in [0.3, 0.4) is 0 Å². The second-order valence-corrected chi connectivity index (χ2v) is 3.27. The Hall–Kier alpha value is -0.570. The predicted octanol–water partition coefficient (Wildman–Crippen LogP) is 3.30. The van der Waals surface area contributed by atoms with Crippen LogP contribution >= 0.6 is 15.9 Å². The molecule has 1 aromatic rings. The van der Waals surface area contributed by atoms with Gasteiger partial charge in [-0.25, -0.2) is 4.39 Å². The topological polar surface area (TPSA) is 9.23 Å². The zero-order valence-electron chi connectivity index (χ0n) is 7.03. The van der Waals surface area contributed by atoms with Crippen LogP contribution in [0.25, 0.3) is 0 Å². The minimum absolute atomic E-state index is 0.235. The highest BCUT2D eigenvalue weighted by atomic mass is 79.9. The Balaban J connectivity index is 3.14. The first-order valence-electron chi connectivity index (χ1n) is 3.74. The number of hydrogen-bond donors (Lipinski definition) is 0. The number of halogens is 2. The van der Waals surface area contributed by atoms with E-state index in [9.17, 15) is 4.39 Å². The summed E-state index contributed by atoms with van der Waals surface area (Å²) in [5.41, 5.74) is 0.547. The molecule has 1 nitrogen and oxygen atoms in total. The highest BCUT2D eigenvalue weighted by Crippen LogP contribution is 2.30. The molecule has 12 heavy (non-hydrogen) atoms. The van der Waals surface area contributed by atoms with Crippen molar-refractivity contribution in [3.8, 4) is 5.75 Å². The van der Waals surface area contributed by atoms with E-state index in [0.29, 0.717) is 17.9 Å². The van der Waals surface area contributed by atoms with Crippen molar-refractivity contribution >= 4 is 15.9 Å². The van der Waals surface area contributed by atoms with Crippen molar-refractivity contribution in [3.63, 3.8) is 0 Å². The van der Waals surface area contributed by atoms with Gasteiger partial charge in [0.25, 0.3) is 0 Å². The van der Waals surface area contributed by atoms with E-state index in [1.54, 1.807) is 13.0 Å². The quantitative estimate of drug-likeness (QED) is 0.761. The maximum atomic E-state index is 13.0. The SMILES string of the molecule is CCOc1c(Br)ccc(F)c1C. The Bertz CT molecular complexity index is 286. The van der Waals surface area contributed by atoms with Gasteiger partial charge in [-0.15, -0.1) is 0 Å². The first-order chi connectivity index (χ1) is 5.66. The lowest BCUT2D eigenvalue weighted by Gasteiger charge is -2.09. The van der Waals surface area contributed by atoms with Gasteiger partial charge in [-0.1, -0.05) is 0 Å². The highest BCUT2D eigenvalue weighted by molar-refractivity contribution is 9.10. The van der Waals surface area contributed by atoms with Gasteiger partial charge in [0.1, 0.15) is 11.6 Å². The van der Waals surface area contributed by atoms with E-state index in [0.717, 1.165) is 4.47 Å². The molecule has 0 aliphatic rings. The van der Waals surface area contributed by atoms with Gasteiger partial charge >= 0.3 is 0 Å². The number of rotatable bonds is 2. The van der Waals surface area contributed by atoms with E-state index in [-0.39, 0.29) is 5.82 Å². The molecule has 0 fully saturated rings. The van der Waals surface area contributed by atoms with Crippen molar-refractivity contribution < 1.29 is 9.13 Å². The fourth-order valence-corrected chi connectivity index (χ4v) is 1.50. The molecule has 0 saturated carbocycles. The molecule has 0 aliphatic heterocycles. The van der Waals surface area contributed by atoms with Crippen molar-refractivity contribution in [3.05, 3.63) is 28.0 Å². The van der Waals surface area contributed by atoms with Crippen molar-refractivity contribution in [2.45, 2.75) is 13.8 Å². The van der Waals surface area contributed by atoms with Crippen LogP contribution < -0.4 is 4.74 Å². The van der Waals surface area contributed by atoms with Gasteiger partial charge in [0.15, 0.2) is 0 Å². The van der Waals surface area contributed by atoms with Crippen molar-refractivity contribution in [2.24, 2.45) is 0 Å². The zero-order valence-corrected chi connectivity index (χ0v) is 8.61. The monoisotopic (exact) mass is 232 g/mol. The molecule has 0 radical (unpaired) electrons. The lowest BCUT2D eigenvalue weighted by molar-refractivity contribution is 0.333. The standard InChI is InChI=1S/C9H10BrFO/c1-3-12-9-6(2)8(11)5-4-7(9)10/h4-5H,3H2,1-2H3. The minimum atomic E-state index is -0.235. The third-order valence-corrected chi connectivity index (χ3v) is 2.20. The summed E-state index contributed by atoms with van der Waals surface area (Å²) in [5, 5.41) is 0. The van der Waals surface area contributed by atoms with E-state index in [2.05, 4.69) is 15.9 Å². The fraction of sp³-hybridized carbons (Fsp3) is 0.333. The van der Waals surface area contributed by atoms with Crippen LogP contribution in [-0.4, -0.2) is 6.61 Å². The van der Waals surface area contributed by atoms with E-state index < -0.39 is 0 Å². The van der Waals surface area contributed by atoms with Gasteiger partial charge < -0.3 is 4.74 Å². The summed E-state index contributed by atoms with van der Waals surface area (Å²) in [7, 11) is 0. The summed E-state index contributed by atoms with van der Waals surface area (Å²) < 4.78 is 19.0. The minimum Gasteiger partial charge on any atom is -0.492 e. The summed E-state index contributed by atoms with van der Waals surface area (Å²) in [6.45, 7) is 4.12. The van der Waals surface area contributed by atoms with Crippen LogP contribution in [0.5, 0.6) is 5.75 Å². The average Bonchev–Trinajstić information content (AvgIpc) is 2.06. The second-order valence-electron chi connectivity index (χ2n) is 2.42. The van der Waals surface area contributed by atoms with Gasteiger partial charge in [-0.05, 0) is 41.9 Å². The van der Waals surface area contributed by atoms with Gasteiger partial charge in [0, 0.05) is 5.56 Å². The first kappa shape index (κ1) is 9.52. The van der Waals surface area contributed by atoms with Crippen LogP contribution in [-0.2, 0) is 0 Å². The van der Waals surface area contributed by atoms with Crippen molar-refractivity contribution in [1.82, 2.24) is 0 Å². The smallest absolute Gasteiger partial charge is 0.139 e. The summed E-state index contributed by atoms with van der Waals surface area (Å²) in [5.74, 6) is 0.360. The highest BCUT2D eigenvalue weighted by Gasteiger charge is 2.08. The molecule has 0 saturated heterocycles. The Morgan fingerprint density at radius 1 is 1.50 bits per heavy atom. The van der Waals surface area contributed by atoms with Crippen LogP contribution in [0, 0.1) is 12.7 Å². The average molecular weight is 233 g/mol. The van der Waals surface area contributed by atoms with E-state index in [4.69, 9.17) is 4.74 Å². The lowest BCUT2D eigenvalue weighted by Crippen LogP contribution is -1.96. The normalized spacial score (nSPS) is 10.0. The summed E-state index contributed by atoms with van der Waals surface area (Å²) >= 11 is 3.29.